The summed E-state index contributed by atoms with van der Waals surface area (Å²) in [5, 5.41) is 4.22. The second-order valence-electron chi connectivity index (χ2n) is 8.20. The number of nitrogens with zero attached hydrogens (tertiary/aromatic N) is 4. The number of H-pyrrole nitrogens is 1. The summed E-state index contributed by atoms with van der Waals surface area (Å²) in [6.07, 6.45) is 11.3. The van der Waals surface area contributed by atoms with Gasteiger partial charge in [0, 0.05) is 35.2 Å². The van der Waals surface area contributed by atoms with Crippen molar-refractivity contribution >= 4 is 22.5 Å². The van der Waals surface area contributed by atoms with Gasteiger partial charge in [-0.15, -0.1) is 0 Å². The lowest BCUT2D eigenvalue weighted by Crippen LogP contribution is -2.01. The zero-order valence-corrected chi connectivity index (χ0v) is 16.5. The molecule has 6 rings (SSSR count). The van der Waals surface area contributed by atoms with E-state index in [2.05, 4.69) is 36.3 Å². The van der Waals surface area contributed by atoms with Gasteiger partial charge in [0.05, 0.1) is 17.6 Å². The van der Waals surface area contributed by atoms with Gasteiger partial charge in [-0.05, 0) is 55.4 Å². The van der Waals surface area contributed by atoms with Gasteiger partial charge in [-0.25, -0.2) is 15.0 Å². The zero-order chi connectivity index (χ0) is 20.1. The van der Waals surface area contributed by atoms with Gasteiger partial charge in [0.25, 0.3) is 0 Å². The first-order chi connectivity index (χ1) is 14.7. The fraction of sp³-hybridized carbons (Fsp3) is 0.304. The molecule has 0 bridgehead atoms. The molecule has 0 amide bonds. The Hall–Kier alpha value is -3.35. The van der Waals surface area contributed by atoms with E-state index < -0.39 is 5.95 Å². The second kappa shape index (κ2) is 6.86. The maximum atomic E-state index is 14.8. The predicted molar refractivity (Wildman–Crippen MR) is 112 cm³/mol. The monoisotopic (exact) mass is 400 g/mol. The van der Waals surface area contributed by atoms with Gasteiger partial charge in [-0.1, -0.05) is 6.07 Å². The highest BCUT2D eigenvalue weighted by Gasteiger charge is 2.28. The summed E-state index contributed by atoms with van der Waals surface area (Å²) < 4.78 is 14.8. The molecule has 2 aliphatic rings. The van der Waals surface area contributed by atoms with Gasteiger partial charge in [-0.2, -0.15) is 4.39 Å². The van der Waals surface area contributed by atoms with Crippen molar-refractivity contribution in [2.75, 3.05) is 5.32 Å². The highest BCUT2D eigenvalue weighted by Crippen LogP contribution is 2.42. The van der Waals surface area contributed by atoms with E-state index in [1.807, 2.05) is 12.3 Å². The van der Waals surface area contributed by atoms with Crippen LogP contribution in [0.2, 0.25) is 0 Å². The third-order valence-electron chi connectivity index (χ3n) is 6.04. The molecule has 30 heavy (non-hydrogen) atoms. The molecule has 4 aromatic rings. The van der Waals surface area contributed by atoms with Crippen molar-refractivity contribution in [1.29, 1.82) is 0 Å². The first-order valence-corrected chi connectivity index (χ1v) is 10.5. The summed E-state index contributed by atoms with van der Waals surface area (Å²) in [5.74, 6) is 0.519. The number of fused-ring (bicyclic) bond motifs is 2. The van der Waals surface area contributed by atoms with E-state index in [0.717, 1.165) is 60.1 Å². The van der Waals surface area contributed by atoms with Crippen LogP contribution in [0, 0.1) is 5.95 Å². The lowest BCUT2D eigenvalue weighted by Gasteiger charge is -2.09. The van der Waals surface area contributed by atoms with Gasteiger partial charge >= 0.3 is 0 Å². The first-order valence-electron chi connectivity index (χ1n) is 10.5. The van der Waals surface area contributed by atoms with Crippen molar-refractivity contribution in [1.82, 2.24) is 24.9 Å². The minimum atomic E-state index is -0.465. The number of halogens is 1. The molecule has 4 heterocycles. The molecule has 4 aromatic heterocycles. The number of pyridine rings is 2. The lowest BCUT2D eigenvalue weighted by molar-refractivity contribution is 0.572. The number of nitrogens with one attached hydrogen (secondary N) is 2. The molecule has 0 saturated heterocycles. The molecule has 0 spiro atoms. The highest BCUT2D eigenvalue weighted by atomic mass is 19.1. The maximum absolute atomic E-state index is 14.8. The normalized spacial score (nSPS) is 15.5. The number of anilines is 2. The molecule has 0 radical (unpaired) electrons. The molecule has 0 aliphatic heterocycles. The maximum Gasteiger partial charge on any atom is 0.218 e. The van der Waals surface area contributed by atoms with Crippen molar-refractivity contribution < 1.29 is 4.39 Å². The van der Waals surface area contributed by atoms with Crippen molar-refractivity contribution in [2.24, 2.45) is 0 Å². The fourth-order valence-electron chi connectivity index (χ4n) is 4.37. The smallest absolute Gasteiger partial charge is 0.218 e. The number of aromatic nitrogens is 5. The van der Waals surface area contributed by atoms with Crippen molar-refractivity contribution in [3.8, 4) is 0 Å². The van der Waals surface area contributed by atoms with Crippen LogP contribution < -0.4 is 5.32 Å². The number of aromatic amines is 1. The predicted octanol–water partition coefficient (Wildman–Crippen LogP) is 4.59. The molecule has 1 saturated carbocycles. The van der Waals surface area contributed by atoms with Crippen LogP contribution in [0.15, 0.2) is 36.9 Å². The Balaban J connectivity index is 1.26. The Morgan fingerprint density at radius 1 is 1.10 bits per heavy atom. The third kappa shape index (κ3) is 3.10. The molecule has 0 aromatic carbocycles. The van der Waals surface area contributed by atoms with Crippen LogP contribution in [0.1, 0.15) is 53.3 Å². The number of aryl methyl sites for hydroxylation is 2. The topological polar surface area (TPSA) is 79.4 Å². The molecular weight excluding hydrogens is 379 g/mol. The number of rotatable bonds is 5. The minimum absolute atomic E-state index is 0.451. The number of hydrogen-bond acceptors (Lipinski definition) is 5. The Kier molecular flexibility index (Phi) is 4.00. The van der Waals surface area contributed by atoms with E-state index in [0.29, 0.717) is 23.7 Å². The van der Waals surface area contributed by atoms with Crippen LogP contribution in [0.3, 0.4) is 0 Å². The van der Waals surface area contributed by atoms with Crippen LogP contribution in [0.5, 0.6) is 0 Å². The average Bonchev–Trinajstić information content (AvgIpc) is 3.36. The average molecular weight is 400 g/mol. The lowest BCUT2D eigenvalue weighted by atomic mass is 10.0. The summed E-state index contributed by atoms with van der Waals surface area (Å²) >= 11 is 0. The molecular formula is C23H21FN6. The van der Waals surface area contributed by atoms with Crippen LogP contribution in [-0.2, 0) is 19.3 Å². The SMILES string of the molecule is Fc1nc(Nc2cnc3c(c2)CCC3)ccc1Cc1c[nH]c2ncnc(C3CC3)c12. The molecule has 2 aliphatic carbocycles. The summed E-state index contributed by atoms with van der Waals surface area (Å²) in [6, 6.07) is 5.71. The molecule has 2 N–H and O–H groups in total. The zero-order valence-electron chi connectivity index (χ0n) is 16.5. The Bertz CT molecular complexity index is 1260. The van der Waals surface area contributed by atoms with Crippen LogP contribution in [0.4, 0.5) is 15.9 Å². The van der Waals surface area contributed by atoms with Gasteiger partial charge in [-0.3, -0.25) is 4.98 Å². The molecule has 150 valence electrons. The molecule has 1 fully saturated rings. The first kappa shape index (κ1) is 17.5. The van der Waals surface area contributed by atoms with Crippen molar-refractivity contribution in [3.05, 3.63) is 70.9 Å². The van der Waals surface area contributed by atoms with Crippen LogP contribution >= 0.6 is 0 Å². The summed E-state index contributed by atoms with van der Waals surface area (Å²) in [5.41, 5.74) is 6.74. The Morgan fingerprint density at radius 3 is 2.90 bits per heavy atom. The standard InChI is InChI=1S/C23H21FN6/c24-22-15(8-16-10-26-23-20(16)21(13-4-5-13)27-12-28-23)6-7-19(30-22)29-17-9-14-2-1-3-18(14)25-11-17/h6-7,9-13H,1-5,8H2,(H,29,30)(H,26,27,28). The minimum Gasteiger partial charge on any atom is -0.346 e. The van der Waals surface area contributed by atoms with E-state index in [4.69, 9.17) is 0 Å². The molecule has 0 unspecified atom stereocenters. The summed E-state index contributed by atoms with van der Waals surface area (Å²) in [4.78, 5) is 20.7. The molecule has 0 atom stereocenters. The summed E-state index contributed by atoms with van der Waals surface area (Å²) in [6.45, 7) is 0. The van der Waals surface area contributed by atoms with Crippen LogP contribution in [0.25, 0.3) is 11.0 Å². The van der Waals surface area contributed by atoms with E-state index in [1.165, 1.54) is 11.3 Å². The van der Waals surface area contributed by atoms with Crippen molar-refractivity contribution in [2.45, 2.75) is 44.4 Å². The summed E-state index contributed by atoms with van der Waals surface area (Å²) in [7, 11) is 0. The Labute approximate surface area is 173 Å². The van der Waals surface area contributed by atoms with E-state index in [1.54, 1.807) is 18.6 Å². The van der Waals surface area contributed by atoms with Gasteiger partial charge in [0.2, 0.25) is 5.95 Å². The third-order valence-corrected chi connectivity index (χ3v) is 6.04. The quantitative estimate of drug-likeness (QED) is 0.479. The van der Waals surface area contributed by atoms with Gasteiger partial charge in [0.1, 0.15) is 17.8 Å². The van der Waals surface area contributed by atoms with Gasteiger partial charge in [0.15, 0.2) is 0 Å². The Morgan fingerprint density at radius 2 is 2.03 bits per heavy atom. The van der Waals surface area contributed by atoms with E-state index in [-0.39, 0.29) is 0 Å². The molecule has 6 nitrogen and oxygen atoms in total. The number of hydrogen-bond donors (Lipinski definition) is 2. The van der Waals surface area contributed by atoms with Crippen LogP contribution in [-0.4, -0.2) is 24.9 Å². The van der Waals surface area contributed by atoms with Crippen molar-refractivity contribution in [3.63, 3.8) is 0 Å². The highest BCUT2D eigenvalue weighted by molar-refractivity contribution is 5.83. The molecule has 7 heteroatoms. The van der Waals surface area contributed by atoms with E-state index in [9.17, 15) is 4.39 Å². The fourth-order valence-corrected chi connectivity index (χ4v) is 4.37. The van der Waals surface area contributed by atoms with E-state index >= 15 is 0 Å². The second-order valence-corrected chi connectivity index (χ2v) is 8.20. The largest absolute Gasteiger partial charge is 0.346 e. The van der Waals surface area contributed by atoms with Gasteiger partial charge < -0.3 is 10.3 Å².